The highest BCUT2D eigenvalue weighted by Gasteiger charge is 2.54. The van der Waals surface area contributed by atoms with Crippen molar-refractivity contribution in [3.63, 3.8) is 0 Å². The molecule has 8 nitrogen and oxygen atoms in total. The summed E-state index contributed by atoms with van der Waals surface area (Å²) in [5.74, 6) is -1.64. The maximum atomic E-state index is 13.6. The van der Waals surface area contributed by atoms with Crippen LogP contribution in [0, 0.1) is 11.7 Å². The van der Waals surface area contributed by atoms with Crippen molar-refractivity contribution in [2.24, 2.45) is 5.92 Å². The van der Waals surface area contributed by atoms with Crippen LogP contribution in [0.15, 0.2) is 48.5 Å². The van der Waals surface area contributed by atoms with Crippen LogP contribution in [0.5, 0.6) is 5.75 Å². The van der Waals surface area contributed by atoms with Crippen LogP contribution in [0.3, 0.4) is 0 Å². The van der Waals surface area contributed by atoms with Crippen molar-refractivity contribution in [3.8, 4) is 5.75 Å². The molecule has 36 heavy (non-hydrogen) atoms. The lowest BCUT2D eigenvalue weighted by molar-refractivity contribution is -0.149. The van der Waals surface area contributed by atoms with Gasteiger partial charge in [0.05, 0.1) is 12.0 Å². The predicted octanol–water partition coefficient (Wildman–Crippen LogP) is 2.34. The van der Waals surface area contributed by atoms with Gasteiger partial charge in [0.1, 0.15) is 23.7 Å². The number of phenolic OH excluding ortho intramolecular Hbond substituents is 1. The van der Waals surface area contributed by atoms with E-state index in [0.29, 0.717) is 12.0 Å². The minimum Gasteiger partial charge on any atom is -0.508 e. The zero-order chi connectivity index (χ0) is 25.8. The molecule has 0 unspecified atom stereocenters. The summed E-state index contributed by atoms with van der Waals surface area (Å²) in [7, 11) is 3.98. The van der Waals surface area contributed by atoms with Crippen LogP contribution in [0.25, 0.3) is 0 Å². The van der Waals surface area contributed by atoms with Crippen LogP contribution in [0.4, 0.5) is 4.39 Å². The monoisotopic (exact) mass is 496 g/mol. The first kappa shape index (κ1) is 25.6. The molecule has 0 radical (unpaired) electrons. The highest BCUT2D eigenvalue weighted by Crippen LogP contribution is 2.43. The van der Waals surface area contributed by atoms with E-state index < -0.39 is 24.0 Å². The van der Waals surface area contributed by atoms with Gasteiger partial charge in [-0.1, -0.05) is 24.3 Å². The van der Waals surface area contributed by atoms with E-state index in [1.807, 2.05) is 14.1 Å². The van der Waals surface area contributed by atoms with Crippen molar-refractivity contribution < 1.29 is 23.9 Å². The van der Waals surface area contributed by atoms with E-state index in [4.69, 9.17) is 0 Å². The van der Waals surface area contributed by atoms with E-state index in [1.165, 1.54) is 24.3 Å². The van der Waals surface area contributed by atoms with Gasteiger partial charge in [-0.2, -0.15) is 0 Å². The summed E-state index contributed by atoms with van der Waals surface area (Å²) >= 11 is 0. The molecule has 0 aromatic heterocycles. The minimum atomic E-state index is -0.740. The third-order valence-corrected chi connectivity index (χ3v) is 6.97. The quantitative estimate of drug-likeness (QED) is 0.463. The van der Waals surface area contributed by atoms with Gasteiger partial charge < -0.3 is 25.5 Å². The molecular formula is C27H33FN4O4. The van der Waals surface area contributed by atoms with Crippen molar-refractivity contribution in [1.29, 1.82) is 0 Å². The molecule has 0 saturated carbocycles. The first-order chi connectivity index (χ1) is 17.2. The molecule has 0 spiro atoms. The number of carbonyl (C=O) groups excluding carboxylic acids is 3. The highest BCUT2D eigenvalue weighted by molar-refractivity contribution is 5.99. The summed E-state index contributed by atoms with van der Waals surface area (Å²) in [5, 5.41) is 15.5. The Balaban J connectivity index is 1.54. The van der Waals surface area contributed by atoms with E-state index in [9.17, 15) is 23.9 Å². The van der Waals surface area contributed by atoms with Gasteiger partial charge in [0.15, 0.2) is 0 Å². The summed E-state index contributed by atoms with van der Waals surface area (Å²) in [6.07, 6.45) is 2.43. The Morgan fingerprint density at radius 1 is 1.11 bits per heavy atom. The molecular weight excluding hydrogens is 463 g/mol. The molecule has 4 rings (SSSR count). The van der Waals surface area contributed by atoms with Gasteiger partial charge >= 0.3 is 0 Å². The van der Waals surface area contributed by atoms with Crippen molar-refractivity contribution in [2.45, 2.75) is 50.4 Å². The number of aromatic hydroxyl groups is 1. The lowest BCUT2D eigenvalue weighted by atomic mass is 9.92. The number of carbonyl (C=O) groups is 3. The molecule has 2 aliphatic rings. The molecule has 0 aliphatic carbocycles. The third kappa shape index (κ3) is 5.67. The minimum absolute atomic E-state index is 0.0760. The number of halogens is 1. The van der Waals surface area contributed by atoms with Gasteiger partial charge in [0, 0.05) is 6.54 Å². The van der Waals surface area contributed by atoms with E-state index in [-0.39, 0.29) is 42.3 Å². The van der Waals surface area contributed by atoms with Gasteiger partial charge in [-0.15, -0.1) is 0 Å². The zero-order valence-corrected chi connectivity index (χ0v) is 20.6. The number of benzene rings is 2. The van der Waals surface area contributed by atoms with Crippen molar-refractivity contribution in [2.75, 3.05) is 20.6 Å². The number of fused-ring (bicyclic) bond motifs is 1. The normalized spacial score (nSPS) is 23.5. The molecule has 192 valence electrons. The molecule has 2 saturated heterocycles. The van der Waals surface area contributed by atoms with E-state index >= 15 is 0 Å². The van der Waals surface area contributed by atoms with Crippen molar-refractivity contribution >= 4 is 17.7 Å². The Morgan fingerprint density at radius 2 is 1.81 bits per heavy atom. The largest absolute Gasteiger partial charge is 0.508 e. The van der Waals surface area contributed by atoms with Gasteiger partial charge in [-0.3, -0.25) is 14.4 Å². The predicted molar refractivity (Wildman–Crippen MR) is 132 cm³/mol. The Labute approximate surface area is 210 Å². The number of amides is 3. The Kier molecular flexibility index (Phi) is 7.88. The number of hydrogen-bond donors (Lipinski definition) is 3. The second-order valence-electron chi connectivity index (χ2n) is 9.84. The number of rotatable bonds is 9. The maximum Gasteiger partial charge on any atom is 0.246 e. The Bertz CT molecular complexity index is 1090. The van der Waals surface area contributed by atoms with Gasteiger partial charge in [-0.05, 0) is 81.7 Å². The molecule has 3 N–H and O–H groups in total. The maximum absolute atomic E-state index is 13.6. The number of nitrogens with zero attached hydrogens (tertiary/aromatic N) is 2. The molecule has 9 heteroatoms. The topological polar surface area (TPSA) is 102 Å². The van der Waals surface area contributed by atoms with Crippen LogP contribution in [0.2, 0.25) is 0 Å². The molecule has 2 aromatic rings. The fraction of sp³-hybridized carbons (Fsp3) is 0.444. The van der Waals surface area contributed by atoms with Gasteiger partial charge in [-0.25, -0.2) is 4.39 Å². The molecule has 2 aliphatic heterocycles. The van der Waals surface area contributed by atoms with E-state index in [1.54, 1.807) is 29.2 Å². The molecule has 2 aromatic carbocycles. The summed E-state index contributed by atoms with van der Waals surface area (Å²) < 4.78 is 13.2. The molecule has 3 amide bonds. The van der Waals surface area contributed by atoms with Crippen molar-refractivity contribution in [3.05, 3.63) is 65.5 Å². The van der Waals surface area contributed by atoms with Gasteiger partial charge in [0.25, 0.3) is 0 Å². The second-order valence-corrected chi connectivity index (χ2v) is 9.84. The Hall–Kier alpha value is -3.46. The first-order valence-electron chi connectivity index (χ1n) is 12.3. The van der Waals surface area contributed by atoms with Crippen molar-refractivity contribution in [1.82, 2.24) is 20.4 Å². The average molecular weight is 497 g/mol. The lowest BCUT2D eigenvalue weighted by Gasteiger charge is -2.38. The first-order valence-corrected chi connectivity index (χ1v) is 12.3. The zero-order valence-electron chi connectivity index (χ0n) is 20.6. The van der Waals surface area contributed by atoms with E-state index in [0.717, 1.165) is 24.9 Å². The number of hydrogen-bond acceptors (Lipinski definition) is 5. The van der Waals surface area contributed by atoms with Crippen LogP contribution >= 0.6 is 0 Å². The highest BCUT2D eigenvalue weighted by atomic mass is 19.1. The summed E-state index contributed by atoms with van der Waals surface area (Å²) in [6.45, 7) is 1.10. The van der Waals surface area contributed by atoms with Crippen LogP contribution in [0.1, 0.15) is 42.9 Å². The van der Waals surface area contributed by atoms with Gasteiger partial charge in [0.2, 0.25) is 17.7 Å². The standard InChI is InChI=1S/C27H33FN4O4/c1-31(2)14-4-3-5-22-27(36)32-23(26(35)30-22)15-21(24(32)18-8-12-20(33)13-9-18)25(34)29-16-17-6-10-19(28)11-7-17/h6-13,21-24,33H,3-5,14-16H2,1-2H3,(H,29,34)(H,30,35)/t21-,22-,23-,24-/m0/s1. The fourth-order valence-electron chi connectivity index (χ4n) is 5.11. The third-order valence-electron chi connectivity index (χ3n) is 6.97. The molecule has 2 heterocycles. The summed E-state index contributed by atoms with van der Waals surface area (Å²) in [4.78, 5) is 43.6. The molecule has 0 bridgehead atoms. The molecule has 4 atom stereocenters. The number of phenols is 1. The molecule has 2 fully saturated rings. The number of piperazine rings is 1. The lowest BCUT2D eigenvalue weighted by Crippen LogP contribution is -2.61. The van der Waals surface area contributed by atoms with Crippen LogP contribution in [-0.4, -0.2) is 65.4 Å². The second kappa shape index (κ2) is 11.1. The smallest absolute Gasteiger partial charge is 0.246 e. The number of unbranched alkanes of at least 4 members (excludes halogenated alkanes) is 1. The summed E-state index contributed by atoms with van der Waals surface area (Å²) in [6, 6.07) is 10.3. The SMILES string of the molecule is CN(C)CCCC[C@@H]1NC(=O)[C@@H]2C[C@H](C(=O)NCc3ccc(F)cc3)[C@H](c3ccc(O)cc3)N2C1=O. The van der Waals surface area contributed by atoms with E-state index in [2.05, 4.69) is 15.5 Å². The number of nitrogens with one attached hydrogen (secondary N) is 2. The average Bonchev–Trinajstić information content (AvgIpc) is 3.26. The fourth-order valence-corrected chi connectivity index (χ4v) is 5.11. The Morgan fingerprint density at radius 3 is 2.47 bits per heavy atom. The summed E-state index contributed by atoms with van der Waals surface area (Å²) in [5.41, 5.74) is 1.43. The van der Waals surface area contributed by atoms with Crippen LogP contribution in [-0.2, 0) is 20.9 Å². The van der Waals surface area contributed by atoms with Crippen LogP contribution < -0.4 is 10.6 Å².